The first-order valence-corrected chi connectivity index (χ1v) is 9.79. The van der Waals surface area contributed by atoms with Gasteiger partial charge in [0.05, 0.1) is 12.2 Å². The van der Waals surface area contributed by atoms with Gasteiger partial charge in [0, 0.05) is 42.0 Å². The summed E-state index contributed by atoms with van der Waals surface area (Å²) in [5.41, 5.74) is 2.00. The quantitative estimate of drug-likeness (QED) is 0.717. The van der Waals surface area contributed by atoms with Gasteiger partial charge >= 0.3 is 0 Å². The van der Waals surface area contributed by atoms with Crippen molar-refractivity contribution in [2.75, 3.05) is 18.4 Å². The number of aryl methyl sites for hydroxylation is 2. The predicted molar refractivity (Wildman–Crippen MR) is 103 cm³/mol. The van der Waals surface area contributed by atoms with Crippen LogP contribution in [-0.2, 0) is 6.54 Å². The molecule has 26 heavy (non-hydrogen) atoms. The van der Waals surface area contributed by atoms with Gasteiger partial charge in [-0.15, -0.1) is 11.3 Å². The van der Waals surface area contributed by atoms with Crippen LogP contribution in [0.1, 0.15) is 41.8 Å². The van der Waals surface area contributed by atoms with Gasteiger partial charge in [-0.05, 0) is 33.2 Å². The topological polar surface area (TPSA) is 82.6 Å². The van der Waals surface area contributed by atoms with Crippen LogP contribution in [0.25, 0.3) is 0 Å². The van der Waals surface area contributed by atoms with Gasteiger partial charge < -0.3 is 10.3 Å². The van der Waals surface area contributed by atoms with E-state index in [2.05, 4.69) is 25.2 Å². The highest BCUT2D eigenvalue weighted by atomic mass is 32.1. The van der Waals surface area contributed by atoms with Crippen molar-refractivity contribution in [3.63, 3.8) is 0 Å². The summed E-state index contributed by atoms with van der Waals surface area (Å²) in [6, 6.07) is 1.98. The normalized spacial score (nSPS) is 18.2. The number of anilines is 2. The number of rotatable bonds is 5. The molecule has 1 aliphatic rings. The number of likely N-dealkylation sites (tertiary alicyclic amines) is 1. The van der Waals surface area contributed by atoms with E-state index in [0.29, 0.717) is 5.92 Å². The largest absolute Gasteiger partial charge is 0.348 e. The molecule has 4 rings (SSSR count). The standard InChI is InChI=1S/C18H23N7S/c1-12-8-15(24-18-22-13(2)11-26-18)23-17(21-12)14-4-3-7-25(9-14)10-16-19-5-6-20-16/h5-6,8,11,14H,3-4,7,9-10H2,1-2H3,(H,19,20)(H,21,22,23,24)/t14-/m1/s1. The molecule has 3 aromatic heterocycles. The summed E-state index contributed by atoms with van der Waals surface area (Å²) in [5.74, 6) is 3.10. The number of thiazole rings is 1. The fourth-order valence-corrected chi connectivity index (χ4v) is 4.06. The van der Waals surface area contributed by atoms with Crippen LogP contribution in [0.3, 0.4) is 0 Å². The van der Waals surface area contributed by atoms with E-state index >= 15 is 0 Å². The second kappa shape index (κ2) is 7.51. The fraction of sp³-hybridized carbons (Fsp3) is 0.444. The van der Waals surface area contributed by atoms with Crippen LogP contribution in [0.15, 0.2) is 23.8 Å². The van der Waals surface area contributed by atoms with Crippen molar-refractivity contribution in [2.24, 2.45) is 0 Å². The first kappa shape index (κ1) is 17.1. The number of piperidine rings is 1. The van der Waals surface area contributed by atoms with Gasteiger partial charge in [0.2, 0.25) is 0 Å². The number of hydrogen-bond acceptors (Lipinski definition) is 7. The van der Waals surface area contributed by atoms with Crippen molar-refractivity contribution in [1.29, 1.82) is 0 Å². The van der Waals surface area contributed by atoms with Crippen molar-refractivity contribution < 1.29 is 0 Å². The average molecular weight is 369 g/mol. The third-order valence-electron chi connectivity index (χ3n) is 4.52. The molecule has 4 heterocycles. The van der Waals surface area contributed by atoms with E-state index in [1.165, 1.54) is 0 Å². The van der Waals surface area contributed by atoms with Crippen molar-refractivity contribution in [1.82, 2.24) is 29.8 Å². The van der Waals surface area contributed by atoms with Crippen LogP contribution in [0.5, 0.6) is 0 Å². The summed E-state index contributed by atoms with van der Waals surface area (Å²) in [6.45, 7) is 6.91. The fourth-order valence-electron chi connectivity index (χ4n) is 3.37. The van der Waals surface area contributed by atoms with E-state index in [4.69, 9.17) is 9.97 Å². The smallest absolute Gasteiger partial charge is 0.188 e. The molecule has 2 N–H and O–H groups in total. The molecule has 7 nitrogen and oxygen atoms in total. The van der Waals surface area contributed by atoms with Gasteiger partial charge in [-0.1, -0.05) is 0 Å². The minimum Gasteiger partial charge on any atom is -0.348 e. The number of aromatic amines is 1. The molecule has 0 aliphatic carbocycles. The zero-order valence-corrected chi connectivity index (χ0v) is 15.9. The maximum absolute atomic E-state index is 4.79. The van der Waals surface area contributed by atoms with E-state index in [1.54, 1.807) is 17.5 Å². The summed E-state index contributed by atoms with van der Waals surface area (Å²) in [6.07, 6.45) is 5.95. The van der Waals surface area contributed by atoms with Crippen molar-refractivity contribution in [2.45, 2.75) is 39.2 Å². The molecule has 1 saturated heterocycles. The number of hydrogen-bond donors (Lipinski definition) is 2. The van der Waals surface area contributed by atoms with Gasteiger partial charge in [-0.3, -0.25) is 4.90 Å². The zero-order valence-electron chi connectivity index (χ0n) is 15.1. The summed E-state index contributed by atoms with van der Waals surface area (Å²) in [5, 5.41) is 6.22. The Morgan fingerprint density at radius 1 is 1.27 bits per heavy atom. The molecular formula is C18H23N7S. The lowest BCUT2D eigenvalue weighted by Gasteiger charge is -2.31. The molecule has 3 aromatic rings. The molecule has 136 valence electrons. The van der Waals surface area contributed by atoms with E-state index in [-0.39, 0.29) is 0 Å². The van der Waals surface area contributed by atoms with Gasteiger partial charge in [0.15, 0.2) is 5.13 Å². The molecule has 1 atom stereocenters. The van der Waals surface area contributed by atoms with Crippen molar-refractivity contribution >= 4 is 22.3 Å². The lowest BCUT2D eigenvalue weighted by atomic mass is 9.97. The molecule has 1 aliphatic heterocycles. The van der Waals surface area contributed by atoms with Crippen LogP contribution in [-0.4, -0.2) is 42.9 Å². The third-order valence-corrected chi connectivity index (χ3v) is 5.40. The first-order valence-electron chi connectivity index (χ1n) is 8.91. The molecule has 0 unspecified atom stereocenters. The molecule has 0 amide bonds. The third kappa shape index (κ3) is 4.08. The minimum absolute atomic E-state index is 0.345. The predicted octanol–water partition coefficient (Wildman–Crippen LogP) is 3.40. The van der Waals surface area contributed by atoms with Crippen LogP contribution in [0.2, 0.25) is 0 Å². The van der Waals surface area contributed by atoms with Gasteiger partial charge in [-0.2, -0.15) is 0 Å². The highest BCUT2D eigenvalue weighted by molar-refractivity contribution is 7.13. The summed E-state index contributed by atoms with van der Waals surface area (Å²) < 4.78 is 0. The van der Waals surface area contributed by atoms with E-state index in [9.17, 15) is 0 Å². The number of nitrogens with zero attached hydrogens (tertiary/aromatic N) is 5. The van der Waals surface area contributed by atoms with Crippen LogP contribution in [0.4, 0.5) is 10.9 Å². The Bertz CT molecular complexity index is 858. The molecule has 0 radical (unpaired) electrons. The number of nitrogens with one attached hydrogen (secondary N) is 2. The lowest BCUT2D eigenvalue weighted by Crippen LogP contribution is -2.35. The average Bonchev–Trinajstić information content (AvgIpc) is 3.26. The van der Waals surface area contributed by atoms with Gasteiger partial charge in [0.1, 0.15) is 17.5 Å². The summed E-state index contributed by atoms with van der Waals surface area (Å²) in [4.78, 5) is 23.9. The molecule has 1 fully saturated rings. The Kier molecular flexibility index (Phi) is 4.94. The van der Waals surface area contributed by atoms with Crippen molar-refractivity contribution in [3.05, 3.63) is 46.9 Å². The van der Waals surface area contributed by atoms with Crippen LogP contribution in [0, 0.1) is 13.8 Å². The Morgan fingerprint density at radius 3 is 2.96 bits per heavy atom. The maximum Gasteiger partial charge on any atom is 0.188 e. The lowest BCUT2D eigenvalue weighted by molar-refractivity contribution is 0.192. The van der Waals surface area contributed by atoms with E-state index in [1.807, 2.05) is 31.5 Å². The Morgan fingerprint density at radius 2 is 2.19 bits per heavy atom. The summed E-state index contributed by atoms with van der Waals surface area (Å²) >= 11 is 1.59. The van der Waals surface area contributed by atoms with Gasteiger partial charge in [0.25, 0.3) is 0 Å². The van der Waals surface area contributed by atoms with Crippen molar-refractivity contribution in [3.8, 4) is 0 Å². The highest BCUT2D eigenvalue weighted by Gasteiger charge is 2.24. The van der Waals surface area contributed by atoms with Crippen LogP contribution < -0.4 is 5.32 Å². The molecule has 8 heteroatoms. The minimum atomic E-state index is 0.345. The number of aromatic nitrogens is 5. The summed E-state index contributed by atoms with van der Waals surface area (Å²) in [7, 11) is 0. The Balaban J connectivity index is 1.49. The van der Waals surface area contributed by atoms with E-state index in [0.717, 1.165) is 66.5 Å². The SMILES string of the molecule is Cc1cc(Nc2nc(C)cs2)nc([C@@H]2CCCN(Cc3ncc[nH]3)C2)n1. The molecule has 0 bridgehead atoms. The number of H-pyrrole nitrogens is 1. The maximum atomic E-state index is 4.79. The number of imidazole rings is 1. The second-order valence-corrected chi connectivity index (χ2v) is 7.64. The second-order valence-electron chi connectivity index (χ2n) is 6.78. The van der Waals surface area contributed by atoms with Crippen LogP contribution >= 0.6 is 11.3 Å². The molecule has 0 aromatic carbocycles. The Hall–Kier alpha value is -2.32. The molecule has 0 saturated carbocycles. The van der Waals surface area contributed by atoms with E-state index < -0.39 is 0 Å². The monoisotopic (exact) mass is 369 g/mol. The molecular weight excluding hydrogens is 346 g/mol. The molecule has 0 spiro atoms. The highest BCUT2D eigenvalue weighted by Crippen LogP contribution is 2.27. The zero-order chi connectivity index (χ0) is 17.9. The first-order chi connectivity index (χ1) is 12.7. The Labute approximate surface area is 156 Å². The van der Waals surface area contributed by atoms with Gasteiger partial charge in [-0.25, -0.2) is 19.9 Å².